The van der Waals surface area contributed by atoms with Gasteiger partial charge in [-0.1, -0.05) is 0 Å². The van der Waals surface area contributed by atoms with E-state index in [0.29, 0.717) is 18.2 Å². The van der Waals surface area contributed by atoms with Gasteiger partial charge in [-0.05, 0) is 33.1 Å². The van der Waals surface area contributed by atoms with Crippen LogP contribution in [0.3, 0.4) is 0 Å². The Hall–Kier alpha value is -0.610. The fourth-order valence-electron chi connectivity index (χ4n) is 3.28. The van der Waals surface area contributed by atoms with Gasteiger partial charge in [-0.15, -0.1) is 0 Å². The highest BCUT2D eigenvalue weighted by molar-refractivity contribution is 5.84. The molecule has 4 heteroatoms. The summed E-state index contributed by atoms with van der Waals surface area (Å²) in [6.45, 7) is 4.00. The number of hydrogen-bond donors (Lipinski definition) is 1. The zero-order valence-electron chi connectivity index (χ0n) is 9.27. The van der Waals surface area contributed by atoms with E-state index in [9.17, 15) is 4.79 Å². The van der Waals surface area contributed by atoms with Gasteiger partial charge in [0.05, 0.1) is 30.5 Å². The third kappa shape index (κ3) is 1.31. The predicted molar refractivity (Wildman–Crippen MR) is 55.2 cm³/mol. The molecule has 0 saturated carbocycles. The molecule has 4 nitrogen and oxygen atoms in total. The highest BCUT2D eigenvalue weighted by Gasteiger charge is 2.49. The van der Waals surface area contributed by atoms with E-state index in [1.807, 2.05) is 11.8 Å². The van der Waals surface area contributed by atoms with Gasteiger partial charge in [-0.3, -0.25) is 10.1 Å². The molecule has 3 aliphatic rings. The molecule has 0 aromatic heterocycles. The van der Waals surface area contributed by atoms with Crippen LogP contribution in [0.5, 0.6) is 0 Å². The molecule has 1 amide bonds. The van der Waals surface area contributed by atoms with E-state index in [4.69, 9.17) is 4.74 Å². The van der Waals surface area contributed by atoms with Crippen molar-refractivity contribution in [2.75, 3.05) is 0 Å². The molecule has 3 aliphatic heterocycles. The Morgan fingerprint density at radius 2 is 2.20 bits per heavy atom. The molecular weight excluding hydrogens is 192 g/mol. The second-order valence-electron chi connectivity index (χ2n) is 4.99. The van der Waals surface area contributed by atoms with Crippen molar-refractivity contribution in [3.8, 4) is 0 Å². The molecule has 0 spiro atoms. The molecule has 0 aliphatic carbocycles. The lowest BCUT2D eigenvalue weighted by Gasteiger charge is -2.32. The number of hydrogen-bond acceptors (Lipinski definition) is 3. The molecule has 2 bridgehead atoms. The largest absolute Gasteiger partial charge is 0.373 e. The van der Waals surface area contributed by atoms with E-state index >= 15 is 0 Å². The molecule has 84 valence electrons. The molecule has 5 unspecified atom stereocenters. The molecule has 15 heavy (non-hydrogen) atoms. The molecule has 0 aromatic rings. The Balaban J connectivity index is 1.79. The SMILES string of the molecule is CC1NC(C)N(C2CC3CCC2O3)C1=O. The summed E-state index contributed by atoms with van der Waals surface area (Å²) >= 11 is 0. The van der Waals surface area contributed by atoms with E-state index < -0.39 is 0 Å². The Labute approximate surface area is 90.0 Å². The van der Waals surface area contributed by atoms with Gasteiger partial charge in [-0.25, -0.2) is 0 Å². The minimum Gasteiger partial charge on any atom is -0.373 e. The molecule has 1 N–H and O–H groups in total. The van der Waals surface area contributed by atoms with Crippen LogP contribution in [-0.4, -0.2) is 41.3 Å². The number of amides is 1. The van der Waals surface area contributed by atoms with Crippen LogP contribution in [0.1, 0.15) is 33.1 Å². The summed E-state index contributed by atoms with van der Waals surface area (Å²) in [6, 6.07) is 0.294. The van der Waals surface area contributed by atoms with Crippen LogP contribution in [0.25, 0.3) is 0 Å². The van der Waals surface area contributed by atoms with Crippen molar-refractivity contribution in [3.63, 3.8) is 0 Å². The normalized spacial score (nSPS) is 49.3. The summed E-state index contributed by atoms with van der Waals surface area (Å²) in [7, 11) is 0. The summed E-state index contributed by atoms with van der Waals surface area (Å²) in [5, 5.41) is 3.27. The van der Waals surface area contributed by atoms with Crippen LogP contribution in [0.4, 0.5) is 0 Å². The number of carbonyl (C=O) groups excluding carboxylic acids is 1. The fourth-order valence-corrected chi connectivity index (χ4v) is 3.28. The number of ether oxygens (including phenoxy) is 1. The quantitative estimate of drug-likeness (QED) is 0.684. The van der Waals surface area contributed by atoms with Gasteiger partial charge in [0, 0.05) is 0 Å². The monoisotopic (exact) mass is 210 g/mol. The first-order valence-electron chi connectivity index (χ1n) is 5.90. The highest BCUT2D eigenvalue weighted by Crippen LogP contribution is 2.38. The smallest absolute Gasteiger partial charge is 0.241 e. The molecule has 5 atom stereocenters. The van der Waals surface area contributed by atoms with Gasteiger partial charge in [0.2, 0.25) is 5.91 Å². The van der Waals surface area contributed by atoms with Crippen molar-refractivity contribution in [3.05, 3.63) is 0 Å². The van der Waals surface area contributed by atoms with Crippen molar-refractivity contribution in [2.45, 2.75) is 63.6 Å². The van der Waals surface area contributed by atoms with Crippen LogP contribution in [0.2, 0.25) is 0 Å². The fraction of sp³-hybridized carbons (Fsp3) is 0.909. The van der Waals surface area contributed by atoms with Crippen LogP contribution in [0.15, 0.2) is 0 Å². The average molecular weight is 210 g/mol. The molecule has 0 radical (unpaired) electrons. The van der Waals surface area contributed by atoms with Crippen LogP contribution in [0, 0.1) is 0 Å². The number of fused-ring (bicyclic) bond motifs is 2. The Bertz CT molecular complexity index is 294. The summed E-state index contributed by atoms with van der Waals surface area (Å²) in [4.78, 5) is 14.0. The maximum Gasteiger partial charge on any atom is 0.241 e. The van der Waals surface area contributed by atoms with Gasteiger partial charge in [0.25, 0.3) is 0 Å². The van der Waals surface area contributed by atoms with E-state index in [0.717, 1.165) is 12.8 Å². The molecule has 3 heterocycles. The highest BCUT2D eigenvalue weighted by atomic mass is 16.5. The number of nitrogens with one attached hydrogen (secondary N) is 1. The lowest BCUT2D eigenvalue weighted by atomic mass is 9.94. The number of rotatable bonds is 1. The predicted octanol–water partition coefficient (Wildman–Crippen LogP) is 0.473. The summed E-state index contributed by atoms with van der Waals surface area (Å²) in [5.74, 6) is 0.239. The maximum absolute atomic E-state index is 12.0. The van der Waals surface area contributed by atoms with Crippen molar-refractivity contribution < 1.29 is 9.53 Å². The van der Waals surface area contributed by atoms with Gasteiger partial charge < -0.3 is 9.64 Å². The van der Waals surface area contributed by atoms with Gasteiger partial charge in [0.1, 0.15) is 0 Å². The van der Waals surface area contributed by atoms with E-state index in [2.05, 4.69) is 12.2 Å². The first-order valence-corrected chi connectivity index (χ1v) is 5.90. The van der Waals surface area contributed by atoms with Crippen molar-refractivity contribution in [2.24, 2.45) is 0 Å². The van der Waals surface area contributed by atoms with Gasteiger partial charge >= 0.3 is 0 Å². The molecular formula is C11H18N2O2. The van der Waals surface area contributed by atoms with Crippen LogP contribution >= 0.6 is 0 Å². The molecule has 3 rings (SSSR count). The Kier molecular flexibility index (Phi) is 2.04. The molecule has 0 aromatic carbocycles. The van der Waals surface area contributed by atoms with Gasteiger partial charge in [-0.2, -0.15) is 0 Å². The minimum atomic E-state index is -0.0286. The maximum atomic E-state index is 12.0. The lowest BCUT2D eigenvalue weighted by molar-refractivity contribution is -0.132. The van der Waals surface area contributed by atoms with Crippen molar-refractivity contribution >= 4 is 5.91 Å². The number of nitrogens with zero attached hydrogens (tertiary/aromatic N) is 1. The van der Waals surface area contributed by atoms with Crippen LogP contribution in [-0.2, 0) is 9.53 Å². The average Bonchev–Trinajstić information content (AvgIpc) is 2.83. The van der Waals surface area contributed by atoms with E-state index in [-0.39, 0.29) is 18.1 Å². The number of carbonyl (C=O) groups is 1. The first kappa shape index (κ1) is 9.60. The standard InChI is InChI=1S/C11H18N2O2/c1-6-11(14)13(7(2)12-6)9-5-8-3-4-10(9)15-8/h6-10,12H,3-5H2,1-2H3. The Morgan fingerprint density at radius 1 is 1.40 bits per heavy atom. The van der Waals surface area contributed by atoms with E-state index in [1.54, 1.807) is 0 Å². The Morgan fingerprint density at radius 3 is 2.67 bits per heavy atom. The summed E-state index contributed by atoms with van der Waals surface area (Å²) < 4.78 is 5.81. The van der Waals surface area contributed by atoms with E-state index in [1.165, 1.54) is 6.42 Å². The summed E-state index contributed by atoms with van der Waals surface area (Å²) in [6.07, 6.45) is 4.22. The second kappa shape index (κ2) is 3.19. The first-order chi connectivity index (χ1) is 7.16. The zero-order chi connectivity index (χ0) is 10.6. The van der Waals surface area contributed by atoms with Crippen LogP contribution < -0.4 is 5.32 Å². The zero-order valence-corrected chi connectivity index (χ0v) is 9.27. The lowest BCUT2D eigenvalue weighted by Crippen LogP contribution is -2.47. The van der Waals surface area contributed by atoms with Crippen molar-refractivity contribution in [1.29, 1.82) is 0 Å². The molecule has 3 saturated heterocycles. The summed E-state index contributed by atoms with van der Waals surface area (Å²) in [5.41, 5.74) is 0. The second-order valence-corrected chi connectivity index (χ2v) is 4.99. The minimum absolute atomic E-state index is 0.0286. The third-order valence-corrected chi connectivity index (χ3v) is 3.96. The topological polar surface area (TPSA) is 41.6 Å². The van der Waals surface area contributed by atoms with Crippen molar-refractivity contribution in [1.82, 2.24) is 10.2 Å². The third-order valence-electron chi connectivity index (χ3n) is 3.96. The molecule has 3 fully saturated rings. The van der Waals surface area contributed by atoms with Gasteiger partial charge in [0.15, 0.2) is 0 Å².